The molecule has 0 aromatic rings. The highest BCUT2D eigenvalue weighted by atomic mass is 16.2. The normalized spacial score (nSPS) is 18.2. The molecule has 1 fully saturated rings. The van der Waals surface area contributed by atoms with Gasteiger partial charge in [0.25, 0.3) is 0 Å². The van der Waals surface area contributed by atoms with Gasteiger partial charge in [-0.2, -0.15) is 0 Å². The number of carbonyl (C=O) groups is 2. The highest BCUT2D eigenvalue weighted by Gasteiger charge is 2.45. The van der Waals surface area contributed by atoms with Gasteiger partial charge in [-0.25, -0.2) is 14.5 Å². The van der Waals surface area contributed by atoms with E-state index < -0.39 is 0 Å². The van der Waals surface area contributed by atoms with Gasteiger partial charge in [0, 0.05) is 18.1 Å². The van der Waals surface area contributed by atoms with E-state index in [4.69, 9.17) is 0 Å². The molecule has 0 aliphatic carbocycles. The molecule has 30 heavy (non-hydrogen) atoms. The lowest BCUT2D eigenvalue weighted by atomic mass is 10.0. The lowest BCUT2D eigenvalue weighted by molar-refractivity contribution is 0.0702. The van der Waals surface area contributed by atoms with E-state index in [0.29, 0.717) is 5.82 Å². The number of amides is 4. The molecule has 1 heterocycles. The highest BCUT2D eigenvalue weighted by molar-refractivity contribution is 5.98. The fourth-order valence-corrected chi connectivity index (χ4v) is 4.37. The second-order valence-electron chi connectivity index (χ2n) is 9.13. The zero-order valence-corrected chi connectivity index (χ0v) is 20.6. The van der Waals surface area contributed by atoms with E-state index in [1.54, 1.807) is 9.80 Å². The summed E-state index contributed by atoms with van der Waals surface area (Å²) >= 11 is 0. The van der Waals surface area contributed by atoms with Gasteiger partial charge in [-0.05, 0) is 40.0 Å². The number of hydrogen-bond donors (Lipinski definition) is 0. The number of carbonyl (C=O) groups excluding carboxylic acids is 2. The molecule has 174 valence electrons. The molecule has 1 aliphatic heterocycles. The monoisotopic (exact) mass is 421 g/mol. The third-order valence-electron chi connectivity index (χ3n) is 6.38. The Balaban J connectivity index is 3.10. The molecule has 0 radical (unpaired) electrons. The highest BCUT2D eigenvalue weighted by Crippen LogP contribution is 2.31. The molecule has 0 aromatic carbocycles. The number of urea groups is 2. The van der Waals surface area contributed by atoms with E-state index >= 15 is 0 Å². The molecule has 5 nitrogen and oxygen atoms in total. The molecular weight excluding hydrogens is 374 g/mol. The quantitative estimate of drug-likeness (QED) is 0.257. The lowest BCUT2D eigenvalue weighted by Gasteiger charge is -2.48. The smallest absolute Gasteiger partial charge is 0.277 e. The second kappa shape index (κ2) is 13.7. The summed E-state index contributed by atoms with van der Waals surface area (Å²) < 4.78 is 0. The number of imide groups is 1. The maximum Gasteiger partial charge on any atom is 0.334 e. The van der Waals surface area contributed by atoms with Crippen LogP contribution in [0.15, 0.2) is 12.4 Å². The first-order valence-corrected chi connectivity index (χ1v) is 12.5. The Bertz CT molecular complexity index is 454. The van der Waals surface area contributed by atoms with Crippen LogP contribution in [0.2, 0.25) is 0 Å². The van der Waals surface area contributed by atoms with Crippen molar-refractivity contribution in [2.45, 2.75) is 137 Å². The van der Waals surface area contributed by atoms with E-state index in [1.807, 2.05) is 6.92 Å². The molecule has 5 heteroatoms. The van der Waals surface area contributed by atoms with Gasteiger partial charge in [0.15, 0.2) is 0 Å². The molecule has 0 bridgehead atoms. The van der Waals surface area contributed by atoms with Gasteiger partial charge in [0.1, 0.15) is 5.82 Å². The van der Waals surface area contributed by atoms with Crippen molar-refractivity contribution in [2.75, 3.05) is 0 Å². The molecule has 0 N–H and O–H groups in total. The summed E-state index contributed by atoms with van der Waals surface area (Å²) in [6.07, 6.45) is 12.8. The molecule has 1 saturated heterocycles. The van der Waals surface area contributed by atoms with Gasteiger partial charge in [-0.1, -0.05) is 85.1 Å². The van der Waals surface area contributed by atoms with Gasteiger partial charge in [-0.3, -0.25) is 9.80 Å². The molecule has 3 unspecified atom stereocenters. The van der Waals surface area contributed by atoms with Crippen molar-refractivity contribution in [2.24, 2.45) is 0 Å². The van der Waals surface area contributed by atoms with Gasteiger partial charge in [0.2, 0.25) is 0 Å². The molecular formula is C25H47N3O2. The minimum absolute atomic E-state index is 0.0420. The summed E-state index contributed by atoms with van der Waals surface area (Å²) in [5.74, 6) is 0.565. The summed E-state index contributed by atoms with van der Waals surface area (Å²) in [5, 5.41) is 0. The van der Waals surface area contributed by atoms with Crippen LogP contribution in [0.25, 0.3) is 0 Å². The third-order valence-corrected chi connectivity index (χ3v) is 6.38. The van der Waals surface area contributed by atoms with Crippen molar-refractivity contribution < 1.29 is 9.59 Å². The van der Waals surface area contributed by atoms with Crippen LogP contribution < -0.4 is 0 Å². The van der Waals surface area contributed by atoms with Crippen LogP contribution in [0.1, 0.15) is 119 Å². The first kappa shape index (κ1) is 26.5. The van der Waals surface area contributed by atoms with Gasteiger partial charge < -0.3 is 0 Å². The summed E-state index contributed by atoms with van der Waals surface area (Å²) in [5.41, 5.74) is 0. The lowest BCUT2D eigenvalue weighted by Crippen LogP contribution is -2.64. The first-order valence-electron chi connectivity index (χ1n) is 12.5. The van der Waals surface area contributed by atoms with Crippen molar-refractivity contribution >= 4 is 12.1 Å². The number of nitrogens with zero attached hydrogens (tertiary/aromatic N) is 3. The Morgan fingerprint density at radius 2 is 0.900 bits per heavy atom. The van der Waals surface area contributed by atoms with Gasteiger partial charge in [0.05, 0.1) is 0 Å². The van der Waals surface area contributed by atoms with Crippen LogP contribution in [0.5, 0.6) is 0 Å². The third kappa shape index (κ3) is 7.02. The summed E-state index contributed by atoms with van der Waals surface area (Å²) in [7, 11) is 0. The van der Waals surface area contributed by atoms with Crippen molar-refractivity contribution in [3.05, 3.63) is 12.4 Å². The zero-order valence-electron chi connectivity index (χ0n) is 20.6. The van der Waals surface area contributed by atoms with Crippen LogP contribution in [0.3, 0.4) is 0 Å². The minimum atomic E-state index is -0.185. The SMILES string of the molecule is C=C1N(C(C)CCCCC)C(=O)N(C(C)CCCCC)C(=O)N1C(C)CCCCC. The topological polar surface area (TPSA) is 43.9 Å². The maximum atomic E-state index is 13.5. The average molecular weight is 422 g/mol. The van der Waals surface area contributed by atoms with Crippen LogP contribution in [0.4, 0.5) is 9.59 Å². The number of hydrogen-bond acceptors (Lipinski definition) is 2. The molecule has 0 saturated carbocycles. The van der Waals surface area contributed by atoms with E-state index in [2.05, 4.69) is 41.2 Å². The predicted octanol–water partition coefficient (Wildman–Crippen LogP) is 7.52. The van der Waals surface area contributed by atoms with Crippen LogP contribution in [-0.4, -0.2) is 44.9 Å². The fraction of sp³-hybridized carbons (Fsp3) is 0.840. The Kier molecular flexibility index (Phi) is 12.1. The van der Waals surface area contributed by atoms with E-state index in [-0.39, 0.29) is 30.2 Å². The van der Waals surface area contributed by atoms with Crippen molar-refractivity contribution in [3.8, 4) is 0 Å². The van der Waals surface area contributed by atoms with E-state index in [0.717, 1.165) is 77.0 Å². The van der Waals surface area contributed by atoms with Crippen LogP contribution >= 0.6 is 0 Å². The standard InChI is InChI=1S/C25H47N3O2/c1-8-11-14-17-20(4)26-23(7)27(21(5)18-15-12-9-2)25(30)28(24(26)29)22(6)19-16-13-10-3/h20-22H,7-19H2,1-6H3. The number of unbranched alkanes of at least 4 members (excludes halogenated alkanes) is 6. The summed E-state index contributed by atoms with van der Waals surface area (Å²) in [4.78, 5) is 32.0. The first-order chi connectivity index (χ1) is 14.3. The Morgan fingerprint density at radius 1 is 0.600 bits per heavy atom. The maximum absolute atomic E-state index is 13.5. The van der Waals surface area contributed by atoms with Crippen molar-refractivity contribution in [1.29, 1.82) is 0 Å². The fourth-order valence-electron chi connectivity index (χ4n) is 4.37. The van der Waals surface area contributed by atoms with Crippen LogP contribution in [-0.2, 0) is 0 Å². The molecule has 0 aromatic heterocycles. The Hall–Kier alpha value is -1.52. The Labute approximate surface area is 185 Å². The van der Waals surface area contributed by atoms with Gasteiger partial charge >= 0.3 is 12.1 Å². The summed E-state index contributed by atoms with van der Waals surface area (Å²) in [6, 6.07) is -0.383. The molecule has 4 amide bonds. The average Bonchev–Trinajstić information content (AvgIpc) is 2.68. The molecule has 1 rings (SSSR count). The predicted molar refractivity (Wildman–Crippen MR) is 126 cm³/mol. The van der Waals surface area contributed by atoms with E-state index in [1.165, 1.54) is 4.90 Å². The number of rotatable bonds is 15. The molecule has 1 aliphatic rings. The second-order valence-corrected chi connectivity index (χ2v) is 9.13. The minimum Gasteiger partial charge on any atom is -0.277 e. The molecule has 3 atom stereocenters. The Morgan fingerprint density at radius 3 is 1.20 bits per heavy atom. The van der Waals surface area contributed by atoms with E-state index in [9.17, 15) is 9.59 Å². The summed E-state index contributed by atoms with van der Waals surface area (Å²) in [6.45, 7) is 17.0. The zero-order chi connectivity index (χ0) is 22.7. The van der Waals surface area contributed by atoms with Crippen molar-refractivity contribution in [3.63, 3.8) is 0 Å². The molecule has 0 spiro atoms. The largest absolute Gasteiger partial charge is 0.334 e. The van der Waals surface area contributed by atoms with Gasteiger partial charge in [-0.15, -0.1) is 0 Å². The van der Waals surface area contributed by atoms with Crippen molar-refractivity contribution in [1.82, 2.24) is 14.7 Å². The van der Waals surface area contributed by atoms with Crippen LogP contribution in [0, 0.1) is 0 Å².